The van der Waals surface area contributed by atoms with Crippen LogP contribution in [0.15, 0.2) is 30.3 Å². The summed E-state index contributed by atoms with van der Waals surface area (Å²) in [4.78, 5) is 16.2. The maximum atomic E-state index is 11.8. The van der Waals surface area contributed by atoms with Crippen LogP contribution in [-0.2, 0) is 16.0 Å². The van der Waals surface area contributed by atoms with Crippen LogP contribution >= 0.6 is 0 Å². The summed E-state index contributed by atoms with van der Waals surface area (Å²) in [6.45, 7) is 4.45. The zero-order chi connectivity index (χ0) is 14.5. The molecule has 0 radical (unpaired) electrons. The molecule has 1 atom stereocenters. The van der Waals surface area contributed by atoms with Crippen molar-refractivity contribution in [3.63, 3.8) is 0 Å². The van der Waals surface area contributed by atoms with E-state index in [2.05, 4.69) is 11.1 Å². The third-order valence-electron chi connectivity index (χ3n) is 3.28. The van der Waals surface area contributed by atoms with Gasteiger partial charge in [-0.05, 0) is 44.0 Å². The van der Waals surface area contributed by atoms with E-state index < -0.39 is 0 Å². The maximum absolute atomic E-state index is 11.8. The van der Waals surface area contributed by atoms with Gasteiger partial charge in [-0.2, -0.15) is 0 Å². The molecule has 2 N–H and O–H groups in total. The Morgan fingerprint density at radius 2 is 2.15 bits per heavy atom. The third kappa shape index (κ3) is 3.33. The van der Waals surface area contributed by atoms with E-state index in [4.69, 9.17) is 10.5 Å². The standard InChI is InChI=1S/C16H20N2O2/c1-3-20-16(19)14(10-17)9-12-5-7-15-13(8-12)6-4-11(2)18-15/h4-8,14H,3,9-10,17H2,1-2H3. The number of aromatic nitrogens is 1. The van der Waals surface area contributed by atoms with Crippen molar-refractivity contribution >= 4 is 16.9 Å². The highest BCUT2D eigenvalue weighted by Gasteiger charge is 2.18. The Labute approximate surface area is 119 Å². The van der Waals surface area contributed by atoms with Gasteiger partial charge in [0, 0.05) is 17.6 Å². The number of hydrogen-bond acceptors (Lipinski definition) is 4. The molecule has 1 aromatic heterocycles. The van der Waals surface area contributed by atoms with Gasteiger partial charge in [-0.25, -0.2) is 0 Å². The Morgan fingerprint density at radius 1 is 1.35 bits per heavy atom. The summed E-state index contributed by atoms with van der Waals surface area (Å²) in [6, 6.07) is 10.1. The normalized spacial score (nSPS) is 12.3. The minimum atomic E-state index is -0.286. The highest BCUT2D eigenvalue weighted by Crippen LogP contribution is 2.17. The molecule has 0 saturated carbocycles. The molecular formula is C16H20N2O2. The molecule has 20 heavy (non-hydrogen) atoms. The Balaban J connectivity index is 2.20. The first kappa shape index (κ1) is 14.5. The second kappa shape index (κ2) is 6.48. The van der Waals surface area contributed by atoms with Gasteiger partial charge >= 0.3 is 5.97 Å². The van der Waals surface area contributed by atoms with Gasteiger partial charge in [0.25, 0.3) is 0 Å². The fraction of sp³-hybridized carbons (Fsp3) is 0.375. The molecule has 0 aliphatic rings. The molecule has 1 heterocycles. The first-order chi connectivity index (χ1) is 9.63. The van der Waals surface area contributed by atoms with E-state index >= 15 is 0 Å². The summed E-state index contributed by atoms with van der Waals surface area (Å²) < 4.78 is 5.04. The molecule has 0 amide bonds. The predicted molar refractivity (Wildman–Crippen MR) is 79.4 cm³/mol. The number of pyridine rings is 1. The van der Waals surface area contributed by atoms with E-state index in [1.54, 1.807) is 6.92 Å². The number of nitrogens with two attached hydrogens (primary N) is 1. The number of benzene rings is 1. The lowest BCUT2D eigenvalue weighted by atomic mass is 9.98. The monoisotopic (exact) mass is 272 g/mol. The number of esters is 1. The number of hydrogen-bond donors (Lipinski definition) is 1. The SMILES string of the molecule is CCOC(=O)C(CN)Cc1ccc2nc(C)ccc2c1. The number of fused-ring (bicyclic) bond motifs is 1. The number of carbonyl (C=O) groups is 1. The van der Waals surface area contributed by atoms with Gasteiger partial charge in [-0.3, -0.25) is 9.78 Å². The van der Waals surface area contributed by atoms with Crippen molar-refractivity contribution < 1.29 is 9.53 Å². The van der Waals surface area contributed by atoms with Gasteiger partial charge in [0.05, 0.1) is 18.0 Å². The Bertz CT molecular complexity index is 610. The molecule has 4 nitrogen and oxygen atoms in total. The Morgan fingerprint density at radius 3 is 2.85 bits per heavy atom. The van der Waals surface area contributed by atoms with Crippen molar-refractivity contribution in [3.8, 4) is 0 Å². The minimum absolute atomic E-state index is 0.225. The molecule has 0 aliphatic heterocycles. The van der Waals surface area contributed by atoms with Gasteiger partial charge < -0.3 is 10.5 Å². The van der Waals surface area contributed by atoms with E-state index in [1.165, 1.54) is 0 Å². The summed E-state index contributed by atoms with van der Waals surface area (Å²) >= 11 is 0. The van der Waals surface area contributed by atoms with E-state index in [9.17, 15) is 4.79 Å². The fourth-order valence-corrected chi connectivity index (χ4v) is 2.21. The third-order valence-corrected chi connectivity index (χ3v) is 3.28. The van der Waals surface area contributed by atoms with Crippen LogP contribution in [0.1, 0.15) is 18.2 Å². The van der Waals surface area contributed by atoms with Gasteiger partial charge in [0.15, 0.2) is 0 Å². The number of carbonyl (C=O) groups excluding carboxylic acids is 1. The molecule has 0 saturated heterocycles. The molecule has 2 aromatic rings. The zero-order valence-electron chi connectivity index (χ0n) is 11.9. The lowest BCUT2D eigenvalue weighted by Gasteiger charge is -2.13. The highest BCUT2D eigenvalue weighted by molar-refractivity contribution is 5.80. The van der Waals surface area contributed by atoms with Gasteiger partial charge in [0.1, 0.15) is 0 Å². The van der Waals surface area contributed by atoms with E-state index in [0.29, 0.717) is 19.6 Å². The maximum Gasteiger partial charge on any atom is 0.310 e. The van der Waals surface area contributed by atoms with E-state index in [0.717, 1.165) is 22.2 Å². The second-order valence-corrected chi connectivity index (χ2v) is 4.87. The second-order valence-electron chi connectivity index (χ2n) is 4.87. The highest BCUT2D eigenvalue weighted by atomic mass is 16.5. The molecule has 0 spiro atoms. The summed E-state index contributed by atoms with van der Waals surface area (Å²) in [5.74, 6) is -0.511. The molecule has 0 fully saturated rings. The predicted octanol–water partition coefficient (Wildman–Crippen LogP) is 2.22. The van der Waals surface area contributed by atoms with Crippen LogP contribution in [0.5, 0.6) is 0 Å². The van der Waals surface area contributed by atoms with Gasteiger partial charge in [-0.1, -0.05) is 12.1 Å². The summed E-state index contributed by atoms with van der Waals surface area (Å²) in [5, 5.41) is 1.08. The summed E-state index contributed by atoms with van der Waals surface area (Å²) in [7, 11) is 0. The number of ether oxygens (including phenoxy) is 1. The molecule has 1 aromatic carbocycles. The summed E-state index contributed by atoms with van der Waals surface area (Å²) in [5.41, 5.74) is 8.71. The lowest BCUT2D eigenvalue weighted by Crippen LogP contribution is -2.27. The van der Waals surface area contributed by atoms with Crippen LogP contribution in [0.2, 0.25) is 0 Å². The largest absolute Gasteiger partial charge is 0.466 e. The van der Waals surface area contributed by atoms with Crippen LogP contribution in [0.4, 0.5) is 0 Å². The van der Waals surface area contributed by atoms with Crippen LogP contribution < -0.4 is 5.73 Å². The molecule has 1 unspecified atom stereocenters. The van der Waals surface area contributed by atoms with Crippen molar-refractivity contribution in [2.24, 2.45) is 11.7 Å². The van der Waals surface area contributed by atoms with Gasteiger partial charge in [-0.15, -0.1) is 0 Å². The lowest BCUT2D eigenvalue weighted by molar-refractivity contribution is -0.147. The molecular weight excluding hydrogens is 252 g/mol. The minimum Gasteiger partial charge on any atom is -0.466 e. The summed E-state index contributed by atoms with van der Waals surface area (Å²) in [6.07, 6.45) is 0.596. The average molecular weight is 272 g/mol. The van der Waals surface area contributed by atoms with Crippen molar-refractivity contribution in [2.45, 2.75) is 20.3 Å². The molecule has 4 heteroatoms. The Hall–Kier alpha value is -1.94. The quantitative estimate of drug-likeness (QED) is 0.848. The van der Waals surface area contributed by atoms with E-state index in [1.807, 2.05) is 31.2 Å². The average Bonchev–Trinajstić information content (AvgIpc) is 2.45. The van der Waals surface area contributed by atoms with Crippen LogP contribution in [0.25, 0.3) is 10.9 Å². The number of aryl methyl sites for hydroxylation is 1. The number of nitrogens with zero attached hydrogens (tertiary/aromatic N) is 1. The van der Waals surface area contributed by atoms with Crippen LogP contribution in [0.3, 0.4) is 0 Å². The van der Waals surface area contributed by atoms with Gasteiger partial charge in [0.2, 0.25) is 0 Å². The Kier molecular flexibility index (Phi) is 4.69. The van der Waals surface area contributed by atoms with Crippen molar-refractivity contribution in [2.75, 3.05) is 13.2 Å². The fourth-order valence-electron chi connectivity index (χ4n) is 2.21. The zero-order valence-corrected chi connectivity index (χ0v) is 11.9. The first-order valence-electron chi connectivity index (χ1n) is 6.87. The number of rotatable bonds is 5. The molecule has 2 rings (SSSR count). The van der Waals surface area contributed by atoms with Crippen molar-refractivity contribution in [1.29, 1.82) is 0 Å². The molecule has 106 valence electrons. The smallest absolute Gasteiger partial charge is 0.310 e. The van der Waals surface area contributed by atoms with Crippen molar-refractivity contribution in [1.82, 2.24) is 4.98 Å². The van der Waals surface area contributed by atoms with Crippen molar-refractivity contribution in [3.05, 3.63) is 41.6 Å². The molecule has 0 bridgehead atoms. The van der Waals surface area contributed by atoms with E-state index in [-0.39, 0.29) is 11.9 Å². The molecule has 0 aliphatic carbocycles. The van der Waals surface area contributed by atoms with Crippen LogP contribution in [-0.4, -0.2) is 24.1 Å². The topological polar surface area (TPSA) is 65.2 Å². The first-order valence-corrected chi connectivity index (χ1v) is 6.87. The van der Waals surface area contributed by atoms with Crippen LogP contribution in [0, 0.1) is 12.8 Å².